The Morgan fingerprint density at radius 2 is 2.12 bits per heavy atom. The van der Waals surface area contributed by atoms with E-state index in [-0.39, 0.29) is 24.5 Å². The molecule has 6 heteroatoms. The normalized spacial score (nSPS) is 20.1. The fraction of sp³-hybridized carbons (Fsp3) is 0.818. The standard InChI is InChI=1S/C11H20N2O4/c1-11(2)4-5-13(7-11)10(17)12-8(3-6-14)9(15)16/h8,14H,3-7H2,1-2H3,(H,12,17)(H,15,16)/t8-/m0/s1. The zero-order valence-corrected chi connectivity index (χ0v) is 10.3. The van der Waals surface area contributed by atoms with Gasteiger partial charge in [0.15, 0.2) is 0 Å². The predicted molar refractivity (Wildman–Crippen MR) is 61.6 cm³/mol. The second kappa shape index (κ2) is 5.35. The number of likely N-dealkylation sites (tertiary alicyclic amines) is 1. The zero-order chi connectivity index (χ0) is 13.1. The van der Waals surface area contributed by atoms with Gasteiger partial charge >= 0.3 is 12.0 Å². The van der Waals surface area contributed by atoms with Crippen LogP contribution in [0.1, 0.15) is 26.7 Å². The van der Waals surface area contributed by atoms with Gasteiger partial charge in [-0.3, -0.25) is 0 Å². The van der Waals surface area contributed by atoms with Crippen molar-refractivity contribution in [2.45, 2.75) is 32.7 Å². The summed E-state index contributed by atoms with van der Waals surface area (Å²) in [5, 5.41) is 20.0. The number of urea groups is 1. The Bertz CT molecular complexity index is 304. The second-order valence-corrected chi connectivity index (χ2v) is 5.19. The first-order valence-electron chi connectivity index (χ1n) is 5.75. The lowest BCUT2D eigenvalue weighted by Gasteiger charge is -2.22. The Kier molecular flexibility index (Phi) is 4.34. The van der Waals surface area contributed by atoms with Crippen molar-refractivity contribution in [3.8, 4) is 0 Å². The number of nitrogens with one attached hydrogen (secondary N) is 1. The van der Waals surface area contributed by atoms with E-state index in [2.05, 4.69) is 19.2 Å². The van der Waals surface area contributed by atoms with Crippen molar-refractivity contribution in [2.24, 2.45) is 5.41 Å². The van der Waals surface area contributed by atoms with E-state index in [0.717, 1.165) is 6.42 Å². The number of aliphatic hydroxyl groups excluding tert-OH is 1. The molecule has 0 bridgehead atoms. The summed E-state index contributed by atoms with van der Waals surface area (Å²) in [6.07, 6.45) is 0.941. The number of hydrogen-bond acceptors (Lipinski definition) is 3. The van der Waals surface area contributed by atoms with Crippen LogP contribution in [0.25, 0.3) is 0 Å². The molecule has 0 unspecified atom stereocenters. The third kappa shape index (κ3) is 3.89. The summed E-state index contributed by atoms with van der Waals surface area (Å²) in [6, 6.07) is -1.38. The maximum atomic E-state index is 11.8. The van der Waals surface area contributed by atoms with Gasteiger partial charge in [0, 0.05) is 26.1 Å². The van der Waals surface area contributed by atoms with Gasteiger partial charge < -0.3 is 20.4 Å². The summed E-state index contributed by atoms with van der Waals surface area (Å²) in [5.41, 5.74) is 0.0903. The number of rotatable bonds is 4. The van der Waals surface area contributed by atoms with Crippen LogP contribution in [-0.2, 0) is 4.79 Å². The molecule has 0 aromatic rings. The van der Waals surface area contributed by atoms with E-state index in [4.69, 9.17) is 10.2 Å². The van der Waals surface area contributed by atoms with Crippen LogP contribution >= 0.6 is 0 Å². The minimum absolute atomic E-state index is 0.0261. The van der Waals surface area contributed by atoms with E-state index in [1.54, 1.807) is 4.90 Å². The maximum Gasteiger partial charge on any atom is 0.326 e. The van der Waals surface area contributed by atoms with Crippen molar-refractivity contribution < 1.29 is 19.8 Å². The molecular formula is C11H20N2O4. The lowest BCUT2D eigenvalue weighted by atomic mass is 9.93. The average Bonchev–Trinajstić information content (AvgIpc) is 2.58. The lowest BCUT2D eigenvalue weighted by molar-refractivity contribution is -0.139. The highest BCUT2D eigenvalue weighted by molar-refractivity contribution is 5.82. The van der Waals surface area contributed by atoms with Crippen LogP contribution in [0.5, 0.6) is 0 Å². The first-order valence-corrected chi connectivity index (χ1v) is 5.75. The van der Waals surface area contributed by atoms with Gasteiger partial charge in [0.2, 0.25) is 0 Å². The number of nitrogens with zero attached hydrogens (tertiary/aromatic N) is 1. The minimum Gasteiger partial charge on any atom is -0.480 e. The molecule has 0 radical (unpaired) electrons. The number of carbonyl (C=O) groups is 2. The average molecular weight is 244 g/mol. The summed E-state index contributed by atoms with van der Waals surface area (Å²) < 4.78 is 0. The molecule has 0 aliphatic carbocycles. The molecule has 1 saturated heterocycles. The van der Waals surface area contributed by atoms with Crippen LogP contribution in [0.15, 0.2) is 0 Å². The topological polar surface area (TPSA) is 89.9 Å². The van der Waals surface area contributed by atoms with E-state index < -0.39 is 12.0 Å². The molecule has 1 aliphatic rings. The van der Waals surface area contributed by atoms with Gasteiger partial charge in [-0.05, 0) is 11.8 Å². The summed E-state index contributed by atoms with van der Waals surface area (Å²) in [6.45, 7) is 5.16. The second-order valence-electron chi connectivity index (χ2n) is 5.19. The van der Waals surface area contributed by atoms with E-state index in [1.807, 2.05) is 0 Å². The van der Waals surface area contributed by atoms with Gasteiger partial charge in [-0.2, -0.15) is 0 Å². The molecular weight excluding hydrogens is 224 g/mol. The van der Waals surface area contributed by atoms with Gasteiger partial charge in [0.25, 0.3) is 0 Å². The monoisotopic (exact) mass is 244 g/mol. The quantitative estimate of drug-likeness (QED) is 0.662. The molecule has 0 saturated carbocycles. The lowest BCUT2D eigenvalue weighted by Crippen LogP contribution is -2.47. The Morgan fingerprint density at radius 1 is 1.47 bits per heavy atom. The highest BCUT2D eigenvalue weighted by atomic mass is 16.4. The van der Waals surface area contributed by atoms with Crippen molar-refractivity contribution >= 4 is 12.0 Å². The van der Waals surface area contributed by atoms with Gasteiger partial charge in [0.1, 0.15) is 6.04 Å². The van der Waals surface area contributed by atoms with Crippen LogP contribution in [0, 0.1) is 5.41 Å². The number of aliphatic hydroxyl groups is 1. The Morgan fingerprint density at radius 3 is 2.53 bits per heavy atom. The summed E-state index contributed by atoms with van der Waals surface area (Å²) in [5.74, 6) is -1.12. The summed E-state index contributed by atoms with van der Waals surface area (Å²) in [4.78, 5) is 24.2. The molecule has 0 aromatic carbocycles. The summed E-state index contributed by atoms with van der Waals surface area (Å²) in [7, 11) is 0. The van der Waals surface area contributed by atoms with Gasteiger partial charge in [-0.25, -0.2) is 9.59 Å². The predicted octanol–water partition coefficient (Wildman–Crippen LogP) is 0.263. The van der Waals surface area contributed by atoms with Crippen LogP contribution in [0.4, 0.5) is 4.79 Å². The Labute approximate surface area is 101 Å². The molecule has 1 atom stereocenters. The first-order chi connectivity index (χ1) is 7.85. The molecule has 0 spiro atoms. The smallest absolute Gasteiger partial charge is 0.326 e. The van der Waals surface area contributed by atoms with E-state index in [0.29, 0.717) is 13.1 Å². The van der Waals surface area contributed by atoms with Gasteiger partial charge in [0.05, 0.1) is 0 Å². The molecule has 3 N–H and O–H groups in total. The summed E-state index contributed by atoms with van der Waals surface area (Å²) >= 11 is 0. The molecule has 1 aliphatic heterocycles. The molecule has 0 aromatic heterocycles. The first kappa shape index (κ1) is 13.8. The Hall–Kier alpha value is -1.30. The van der Waals surface area contributed by atoms with Gasteiger partial charge in [-0.1, -0.05) is 13.8 Å². The third-order valence-corrected chi connectivity index (χ3v) is 2.98. The molecule has 1 heterocycles. The highest BCUT2D eigenvalue weighted by Crippen LogP contribution is 2.28. The molecule has 2 amide bonds. The van der Waals surface area contributed by atoms with Crippen LogP contribution in [-0.4, -0.2) is 52.9 Å². The third-order valence-electron chi connectivity index (χ3n) is 2.98. The van der Waals surface area contributed by atoms with Crippen molar-refractivity contribution in [3.63, 3.8) is 0 Å². The van der Waals surface area contributed by atoms with E-state index in [9.17, 15) is 9.59 Å². The zero-order valence-electron chi connectivity index (χ0n) is 10.3. The van der Waals surface area contributed by atoms with E-state index >= 15 is 0 Å². The molecule has 17 heavy (non-hydrogen) atoms. The van der Waals surface area contributed by atoms with Crippen LogP contribution in [0.2, 0.25) is 0 Å². The van der Waals surface area contributed by atoms with Crippen molar-refractivity contribution in [1.82, 2.24) is 10.2 Å². The number of carbonyl (C=O) groups excluding carboxylic acids is 1. The minimum atomic E-state index is -1.12. The largest absolute Gasteiger partial charge is 0.480 e. The fourth-order valence-corrected chi connectivity index (χ4v) is 1.91. The molecule has 1 fully saturated rings. The van der Waals surface area contributed by atoms with Gasteiger partial charge in [-0.15, -0.1) is 0 Å². The number of hydrogen-bond donors (Lipinski definition) is 3. The number of aliphatic carboxylic acids is 1. The number of carboxylic acids is 1. The molecule has 98 valence electrons. The highest BCUT2D eigenvalue weighted by Gasteiger charge is 2.33. The maximum absolute atomic E-state index is 11.8. The number of carboxylic acid groups (broad SMARTS) is 1. The molecule has 6 nitrogen and oxygen atoms in total. The van der Waals surface area contributed by atoms with Crippen molar-refractivity contribution in [2.75, 3.05) is 19.7 Å². The molecule has 1 rings (SSSR count). The SMILES string of the molecule is CC1(C)CCN(C(=O)N[C@@H](CCO)C(=O)O)C1. The van der Waals surface area contributed by atoms with E-state index in [1.165, 1.54) is 0 Å². The fourth-order valence-electron chi connectivity index (χ4n) is 1.91. The Balaban J connectivity index is 2.51. The van der Waals surface area contributed by atoms with Crippen LogP contribution in [0.3, 0.4) is 0 Å². The van der Waals surface area contributed by atoms with Crippen molar-refractivity contribution in [3.05, 3.63) is 0 Å². The number of amides is 2. The van der Waals surface area contributed by atoms with Crippen molar-refractivity contribution in [1.29, 1.82) is 0 Å². The van der Waals surface area contributed by atoms with Crippen LogP contribution < -0.4 is 5.32 Å².